The number of hydroxylamine groups is 2. The van der Waals surface area contributed by atoms with Crippen LogP contribution < -0.4 is 5.32 Å². The van der Waals surface area contributed by atoms with Gasteiger partial charge < -0.3 is 35.6 Å². The number of aliphatic carboxylic acids is 2. The number of nitrogens with zero attached hydrogens (tertiary/aromatic N) is 1. The fourth-order valence-corrected chi connectivity index (χ4v) is 12.6. The molecule has 0 aromatic rings. The van der Waals surface area contributed by atoms with Gasteiger partial charge in [0, 0.05) is 12.0 Å². The number of allylic oxidation sites excluding steroid dienone is 2. The summed E-state index contributed by atoms with van der Waals surface area (Å²) in [6.45, 7) is 15.0. The van der Waals surface area contributed by atoms with E-state index >= 15 is 0 Å². The van der Waals surface area contributed by atoms with Gasteiger partial charge in [0.15, 0.2) is 18.1 Å². The predicted molar refractivity (Wildman–Crippen MR) is 187 cm³/mol. The molecule has 0 aromatic heterocycles. The fourth-order valence-electron chi connectivity index (χ4n) is 12.6. The van der Waals surface area contributed by atoms with Crippen LogP contribution in [0.4, 0.5) is 0 Å². The van der Waals surface area contributed by atoms with Crippen LogP contribution in [0.1, 0.15) is 106 Å². The summed E-state index contributed by atoms with van der Waals surface area (Å²) in [6.07, 6.45) is 0.204. The van der Waals surface area contributed by atoms with E-state index in [4.69, 9.17) is 9.57 Å². The van der Waals surface area contributed by atoms with Gasteiger partial charge in [0.1, 0.15) is 24.9 Å². The number of aliphatic hydroxyl groups is 3. The Morgan fingerprint density at radius 3 is 2.17 bits per heavy atom. The molecule has 4 saturated carbocycles. The summed E-state index contributed by atoms with van der Waals surface area (Å²) in [5.74, 6) is -2.66. The fraction of sp³-hybridized carbons (Fsp3) is 0.846. The molecule has 0 radical (unpaired) electrons. The van der Waals surface area contributed by atoms with Gasteiger partial charge in [-0.3, -0.25) is 19.2 Å². The number of carbonyl (C=O) groups is 4. The first-order valence-electron chi connectivity index (χ1n) is 19.0. The number of carboxylic acids is 2. The lowest BCUT2D eigenvalue weighted by atomic mass is 9.33. The Balaban J connectivity index is 1.22. The van der Waals surface area contributed by atoms with Gasteiger partial charge in [-0.05, 0) is 110 Å². The number of carboxylic acid groups (broad SMARTS) is 2. The molecule has 1 heterocycles. The van der Waals surface area contributed by atoms with Crippen molar-refractivity contribution in [1.82, 2.24) is 10.4 Å². The van der Waals surface area contributed by atoms with E-state index in [1.165, 1.54) is 12.7 Å². The van der Waals surface area contributed by atoms with Crippen LogP contribution in [0.15, 0.2) is 11.6 Å². The summed E-state index contributed by atoms with van der Waals surface area (Å²) >= 11 is 0. The molecule has 1 saturated heterocycles. The number of amides is 1. The van der Waals surface area contributed by atoms with E-state index in [0.717, 1.165) is 43.6 Å². The molecule has 5 fully saturated rings. The Kier molecular flexibility index (Phi) is 9.69. The SMILES string of the molecule is CON(CC(=O)N[C@H]1CC[C@@]2(C)C(CC[C@]3(C)[C@@H]2C(=O)C=C2[C@@H]4C[C@@](C)(C(=O)O)CC[C@]4(C)CC[C@]23C)C1(C)C)[C@@H]1O[C@H](C(=O)O)[C@@H](O)[C@H](O)[C@H]1O. The number of ether oxygens (including phenoxy) is 1. The lowest BCUT2D eigenvalue weighted by Gasteiger charge is -2.70. The molecular formula is C39H60N2O11. The average molecular weight is 733 g/mol. The number of aliphatic hydroxyl groups excluding tert-OH is 3. The van der Waals surface area contributed by atoms with Crippen molar-refractivity contribution in [2.45, 2.75) is 143 Å². The Bertz CT molecular complexity index is 1530. The van der Waals surface area contributed by atoms with E-state index in [-0.39, 0.29) is 51.2 Å². The molecule has 1 aliphatic heterocycles. The molecule has 1 unspecified atom stereocenters. The first kappa shape index (κ1) is 39.3. The molecule has 0 bridgehead atoms. The van der Waals surface area contributed by atoms with E-state index < -0.39 is 65.9 Å². The molecular weight excluding hydrogens is 672 g/mol. The van der Waals surface area contributed by atoms with Crippen molar-refractivity contribution in [1.29, 1.82) is 0 Å². The lowest BCUT2D eigenvalue weighted by Crippen LogP contribution is -2.68. The zero-order valence-electron chi connectivity index (χ0n) is 32.0. The third-order valence-corrected chi connectivity index (χ3v) is 16.1. The predicted octanol–water partition coefficient (Wildman–Crippen LogP) is 3.29. The van der Waals surface area contributed by atoms with E-state index in [1.54, 1.807) is 0 Å². The van der Waals surface area contributed by atoms with E-state index in [9.17, 15) is 44.7 Å². The van der Waals surface area contributed by atoms with Crippen LogP contribution in [0.5, 0.6) is 0 Å². The number of rotatable bonds is 7. The molecule has 292 valence electrons. The Hall–Kier alpha value is -2.42. The third-order valence-electron chi connectivity index (χ3n) is 16.1. The summed E-state index contributed by atoms with van der Waals surface area (Å²) in [5.41, 5.74) is -0.976. The van der Waals surface area contributed by atoms with Gasteiger partial charge in [-0.2, -0.15) is 0 Å². The highest BCUT2D eigenvalue weighted by Gasteiger charge is 2.70. The number of nitrogens with one attached hydrogen (secondary N) is 1. The van der Waals surface area contributed by atoms with Crippen molar-refractivity contribution in [3.63, 3.8) is 0 Å². The number of hydrogen-bond donors (Lipinski definition) is 6. The topological polar surface area (TPSA) is 203 Å². The molecule has 0 spiro atoms. The van der Waals surface area contributed by atoms with Gasteiger partial charge in [0.2, 0.25) is 5.91 Å². The second-order valence-electron chi connectivity index (χ2n) is 19.1. The van der Waals surface area contributed by atoms with E-state index in [2.05, 4.69) is 46.9 Å². The minimum Gasteiger partial charge on any atom is -0.481 e. The normalized spacial score (nSPS) is 48.3. The largest absolute Gasteiger partial charge is 0.481 e. The van der Waals surface area contributed by atoms with Crippen molar-refractivity contribution >= 4 is 23.6 Å². The molecule has 13 nitrogen and oxygen atoms in total. The van der Waals surface area contributed by atoms with Gasteiger partial charge in [0.05, 0.1) is 12.5 Å². The Labute approximate surface area is 306 Å². The van der Waals surface area contributed by atoms with Crippen LogP contribution >= 0.6 is 0 Å². The highest BCUT2D eigenvalue weighted by molar-refractivity contribution is 5.95. The second-order valence-corrected chi connectivity index (χ2v) is 19.1. The summed E-state index contributed by atoms with van der Waals surface area (Å²) in [4.78, 5) is 57.7. The molecule has 1 amide bonds. The van der Waals surface area contributed by atoms with Crippen LogP contribution in [0.2, 0.25) is 0 Å². The van der Waals surface area contributed by atoms with Gasteiger partial charge in [0.25, 0.3) is 0 Å². The van der Waals surface area contributed by atoms with Crippen LogP contribution in [0, 0.1) is 50.2 Å². The molecule has 6 aliphatic rings. The molecule has 6 N–H and O–H groups in total. The van der Waals surface area contributed by atoms with Crippen LogP contribution in [0.3, 0.4) is 0 Å². The summed E-state index contributed by atoms with van der Waals surface area (Å²) in [5, 5.41) is 54.8. The van der Waals surface area contributed by atoms with Crippen LogP contribution in [0.25, 0.3) is 0 Å². The van der Waals surface area contributed by atoms with E-state index in [1.807, 2.05) is 13.0 Å². The number of hydrogen-bond acceptors (Lipinski definition) is 10. The smallest absolute Gasteiger partial charge is 0.335 e. The zero-order valence-corrected chi connectivity index (χ0v) is 32.0. The minimum absolute atomic E-state index is 0.0260. The highest BCUT2D eigenvalue weighted by Crippen LogP contribution is 2.75. The van der Waals surface area contributed by atoms with Gasteiger partial charge in [-0.25, -0.2) is 4.79 Å². The first-order chi connectivity index (χ1) is 24.0. The minimum atomic E-state index is -1.87. The second kappa shape index (κ2) is 12.8. The molecule has 14 atom stereocenters. The van der Waals surface area contributed by atoms with Gasteiger partial charge in [-0.15, -0.1) is 5.06 Å². The Morgan fingerprint density at radius 2 is 1.56 bits per heavy atom. The van der Waals surface area contributed by atoms with Crippen molar-refractivity contribution in [3.8, 4) is 0 Å². The maximum absolute atomic E-state index is 14.7. The molecule has 52 heavy (non-hydrogen) atoms. The monoisotopic (exact) mass is 732 g/mol. The summed E-state index contributed by atoms with van der Waals surface area (Å²) < 4.78 is 5.38. The summed E-state index contributed by atoms with van der Waals surface area (Å²) in [6, 6.07) is -0.260. The maximum atomic E-state index is 14.7. The zero-order chi connectivity index (χ0) is 38.6. The van der Waals surface area contributed by atoms with Crippen molar-refractivity contribution in [2.24, 2.45) is 50.2 Å². The quantitative estimate of drug-likeness (QED) is 0.209. The van der Waals surface area contributed by atoms with E-state index in [0.29, 0.717) is 19.3 Å². The van der Waals surface area contributed by atoms with Gasteiger partial charge >= 0.3 is 11.9 Å². The molecule has 0 aromatic carbocycles. The highest BCUT2D eigenvalue weighted by atomic mass is 16.7. The third kappa shape index (κ3) is 5.62. The first-order valence-corrected chi connectivity index (χ1v) is 19.0. The number of fused-ring (bicyclic) bond motifs is 7. The summed E-state index contributed by atoms with van der Waals surface area (Å²) in [7, 11) is 1.24. The van der Waals surface area contributed by atoms with Crippen molar-refractivity contribution in [2.75, 3.05) is 13.7 Å². The van der Waals surface area contributed by atoms with Crippen molar-refractivity contribution < 1.29 is 54.3 Å². The van der Waals surface area contributed by atoms with Crippen molar-refractivity contribution in [3.05, 3.63) is 11.6 Å². The molecule has 5 aliphatic carbocycles. The maximum Gasteiger partial charge on any atom is 0.335 e. The van der Waals surface area contributed by atoms with Crippen LogP contribution in [-0.4, -0.2) is 105 Å². The van der Waals surface area contributed by atoms with Gasteiger partial charge in [-0.1, -0.05) is 47.1 Å². The number of carbonyl (C=O) groups excluding carboxylic acids is 2. The Morgan fingerprint density at radius 1 is 0.904 bits per heavy atom. The molecule has 6 rings (SSSR count). The lowest BCUT2D eigenvalue weighted by molar-refractivity contribution is -0.319. The standard InChI is InChI=1S/C39H60N2O11/c1-34(2)23-9-12-39(7)30(22(42)17-20-21-18-36(4,33(49)50)14-13-35(21,3)15-16-38(20,39)6)37(23,5)11-10-24(34)40-25(43)19-41(51-8)31-28(46)26(44)27(45)29(52-31)32(47)48/h17,21,23-24,26-31,44-46H,9-16,18-19H2,1-8H3,(H,40,43)(H,47,48)(H,49,50)/t21-,23?,24-,26-,27-,28+,29-,30+,31+,35+,36-,37-,38+,39+/m0/s1. The molecule has 13 heteroatoms. The average Bonchev–Trinajstić information content (AvgIpc) is 3.05. The number of ketones is 1. The van der Waals surface area contributed by atoms with Crippen LogP contribution in [-0.2, 0) is 28.8 Å².